The van der Waals surface area contributed by atoms with Crippen LogP contribution in [-0.2, 0) is 0 Å². The second-order valence-corrected chi connectivity index (χ2v) is 2.81. The molecule has 0 aliphatic rings. The summed E-state index contributed by atoms with van der Waals surface area (Å²) in [4.78, 5) is 0. The van der Waals surface area contributed by atoms with E-state index >= 15 is 0 Å². The van der Waals surface area contributed by atoms with Crippen molar-refractivity contribution < 1.29 is 31.4 Å². The normalized spacial score (nSPS) is 15.0. The Balaban J connectivity index is 0. The van der Waals surface area contributed by atoms with Gasteiger partial charge in [-0.25, -0.2) is 0 Å². The quantitative estimate of drug-likeness (QED) is 0.762. The molecule has 1 atom stereocenters. The monoisotopic (exact) mass is 261 g/mol. The van der Waals surface area contributed by atoms with Crippen molar-refractivity contribution in [2.24, 2.45) is 11.7 Å². The van der Waals surface area contributed by atoms with Crippen LogP contribution in [0.3, 0.4) is 0 Å². The molecule has 0 radical (unpaired) electrons. The van der Waals surface area contributed by atoms with Crippen LogP contribution >= 0.6 is 12.4 Å². The van der Waals surface area contributed by atoms with Crippen LogP contribution in [0.1, 0.15) is 6.42 Å². The van der Waals surface area contributed by atoms with Crippen molar-refractivity contribution in [2.75, 3.05) is 6.61 Å². The van der Waals surface area contributed by atoms with E-state index in [4.69, 9.17) is 10.8 Å². The van der Waals surface area contributed by atoms with E-state index in [2.05, 4.69) is 0 Å². The molecule has 94 valence electrons. The third-order valence-electron chi connectivity index (χ3n) is 1.56. The van der Waals surface area contributed by atoms with Gasteiger partial charge in [0.1, 0.15) is 0 Å². The van der Waals surface area contributed by atoms with Crippen LogP contribution in [-0.4, -0.2) is 30.1 Å². The molecule has 2 nitrogen and oxygen atoms in total. The van der Waals surface area contributed by atoms with Crippen LogP contribution in [0.4, 0.5) is 26.3 Å². The Morgan fingerprint density at radius 2 is 1.33 bits per heavy atom. The van der Waals surface area contributed by atoms with Gasteiger partial charge in [-0.2, -0.15) is 26.3 Å². The lowest BCUT2D eigenvalue weighted by molar-refractivity contribution is -0.286. The molecule has 0 spiro atoms. The zero-order chi connectivity index (χ0) is 11.6. The molecule has 15 heavy (non-hydrogen) atoms. The number of nitrogens with two attached hydrogens (primary N) is 1. The first kappa shape index (κ1) is 17.2. The molecule has 0 bridgehead atoms. The number of alkyl halides is 6. The number of halogens is 7. The minimum absolute atomic E-state index is 0. The molecule has 1 unspecified atom stereocenters. The topological polar surface area (TPSA) is 46.2 Å². The Morgan fingerprint density at radius 3 is 1.53 bits per heavy atom. The molecule has 0 aromatic rings. The van der Waals surface area contributed by atoms with E-state index in [1.165, 1.54) is 0 Å². The first-order valence-corrected chi connectivity index (χ1v) is 3.59. The molecule has 9 heteroatoms. The van der Waals surface area contributed by atoms with Crippen molar-refractivity contribution in [3.8, 4) is 0 Å². The minimum atomic E-state index is -5.38. The Morgan fingerprint density at radius 1 is 1.00 bits per heavy atom. The van der Waals surface area contributed by atoms with Crippen LogP contribution in [0.2, 0.25) is 0 Å². The van der Waals surface area contributed by atoms with Crippen molar-refractivity contribution in [3.05, 3.63) is 0 Å². The van der Waals surface area contributed by atoms with E-state index in [9.17, 15) is 26.3 Å². The second-order valence-electron chi connectivity index (χ2n) is 2.81. The Kier molecular flexibility index (Phi) is 6.60. The fourth-order valence-electron chi connectivity index (χ4n) is 0.830. The third kappa shape index (κ3) is 6.06. The van der Waals surface area contributed by atoms with Crippen molar-refractivity contribution in [1.82, 2.24) is 0 Å². The maximum Gasteiger partial charge on any atom is 0.400 e. The van der Waals surface area contributed by atoms with Gasteiger partial charge in [0.05, 0.1) is 6.61 Å². The Labute approximate surface area is 87.8 Å². The lowest BCUT2D eigenvalue weighted by Crippen LogP contribution is -2.41. The maximum absolute atomic E-state index is 11.9. The molecule has 0 aromatic carbocycles. The summed E-state index contributed by atoms with van der Waals surface area (Å²) in [5.74, 6) is -3.47. The van der Waals surface area contributed by atoms with Gasteiger partial charge in [-0.1, -0.05) is 0 Å². The summed E-state index contributed by atoms with van der Waals surface area (Å²) in [6.07, 6.45) is -12.1. The molecule has 0 aliphatic heterocycles. The van der Waals surface area contributed by atoms with Gasteiger partial charge in [0.25, 0.3) is 0 Å². The van der Waals surface area contributed by atoms with E-state index in [-0.39, 0.29) is 12.4 Å². The first-order chi connectivity index (χ1) is 6.09. The van der Waals surface area contributed by atoms with Crippen LogP contribution < -0.4 is 5.73 Å². The SMILES string of the molecule is Cl.NC(CO)CC(C(F)(F)F)C(F)(F)F. The molecule has 0 aliphatic carbocycles. The minimum Gasteiger partial charge on any atom is -0.395 e. The highest BCUT2D eigenvalue weighted by Gasteiger charge is 2.56. The molecule has 0 amide bonds. The van der Waals surface area contributed by atoms with E-state index < -0.39 is 37.3 Å². The molecule has 0 saturated heterocycles. The van der Waals surface area contributed by atoms with E-state index in [1.807, 2.05) is 0 Å². The van der Waals surface area contributed by atoms with Gasteiger partial charge in [-0.05, 0) is 6.42 Å². The summed E-state index contributed by atoms with van der Waals surface area (Å²) in [5, 5.41) is 8.26. The van der Waals surface area contributed by atoms with Gasteiger partial charge in [-0.15, -0.1) is 12.4 Å². The number of aliphatic hydroxyl groups excluding tert-OH is 1. The summed E-state index contributed by atoms with van der Waals surface area (Å²) < 4.78 is 71.1. The first-order valence-electron chi connectivity index (χ1n) is 3.59. The summed E-state index contributed by atoms with van der Waals surface area (Å²) in [6.45, 7) is -0.914. The highest BCUT2D eigenvalue weighted by molar-refractivity contribution is 5.85. The van der Waals surface area contributed by atoms with E-state index in [0.29, 0.717) is 0 Å². The van der Waals surface area contributed by atoms with Gasteiger partial charge in [0, 0.05) is 6.04 Å². The molecular weight excluding hydrogens is 252 g/mol. The van der Waals surface area contributed by atoms with Crippen molar-refractivity contribution in [3.63, 3.8) is 0 Å². The predicted octanol–water partition coefficient (Wildman–Crippen LogP) is 1.86. The van der Waals surface area contributed by atoms with Crippen molar-refractivity contribution >= 4 is 12.4 Å². The summed E-state index contributed by atoms with van der Waals surface area (Å²) in [5.41, 5.74) is 4.82. The molecule has 0 fully saturated rings. The van der Waals surface area contributed by atoms with Gasteiger partial charge in [0.15, 0.2) is 5.92 Å². The van der Waals surface area contributed by atoms with Gasteiger partial charge in [0.2, 0.25) is 0 Å². The molecule has 0 saturated carbocycles. The lowest BCUT2D eigenvalue weighted by atomic mass is 9.99. The van der Waals surface area contributed by atoms with Crippen molar-refractivity contribution in [2.45, 2.75) is 24.8 Å². The van der Waals surface area contributed by atoms with E-state index in [0.717, 1.165) is 0 Å². The molecule has 0 heterocycles. The summed E-state index contributed by atoms with van der Waals surface area (Å²) >= 11 is 0. The van der Waals surface area contributed by atoms with E-state index in [1.54, 1.807) is 0 Å². The Hall–Kier alpha value is -0.210. The molecule has 3 N–H and O–H groups in total. The fraction of sp³-hybridized carbons (Fsp3) is 1.00. The number of hydrogen-bond donors (Lipinski definition) is 2. The highest BCUT2D eigenvalue weighted by Crippen LogP contribution is 2.41. The van der Waals surface area contributed by atoms with Crippen molar-refractivity contribution in [1.29, 1.82) is 0 Å². The number of hydrogen-bond acceptors (Lipinski definition) is 2. The predicted molar refractivity (Wildman–Crippen MR) is 42.5 cm³/mol. The van der Waals surface area contributed by atoms with Crippen LogP contribution in [0.25, 0.3) is 0 Å². The number of aliphatic hydroxyl groups is 1. The van der Waals surface area contributed by atoms with Crippen LogP contribution in [0.5, 0.6) is 0 Å². The van der Waals surface area contributed by atoms with Gasteiger partial charge < -0.3 is 10.8 Å². The number of rotatable bonds is 3. The second kappa shape index (κ2) is 5.76. The zero-order valence-electron chi connectivity index (χ0n) is 7.27. The smallest absolute Gasteiger partial charge is 0.395 e. The fourth-order valence-corrected chi connectivity index (χ4v) is 0.830. The lowest BCUT2D eigenvalue weighted by Gasteiger charge is -2.24. The average Bonchev–Trinajstić information content (AvgIpc) is 1.95. The highest BCUT2D eigenvalue weighted by atomic mass is 35.5. The Bertz CT molecular complexity index is 167. The molecule has 0 aromatic heterocycles. The van der Waals surface area contributed by atoms with Crippen LogP contribution in [0, 0.1) is 5.92 Å². The van der Waals surface area contributed by atoms with Gasteiger partial charge in [-0.3, -0.25) is 0 Å². The zero-order valence-corrected chi connectivity index (χ0v) is 8.09. The third-order valence-corrected chi connectivity index (χ3v) is 1.56. The van der Waals surface area contributed by atoms with Gasteiger partial charge >= 0.3 is 12.4 Å². The summed E-state index contributed by atoms with van der Waals surface area (Å²) in [6, 6.07) is -1.52. The summed E-state index contributed by atoms with van der Waals surface area (Å²) in [7, 11) is 0. The van der Waals surface area contributed by atoms with Crippen LogP contribution in [0.15, 0.2) is 0 Å². The average molecular weight is 262 g/mol. The largest absolute Gasteiger partial charge is 0.400 e. The molecule has 0 rings (SSSR count). The standard InChI is InChI=1S/C6H9F6NO.ClH/c7-5(8,9)4(6(10,11)12)1-3(13)2-14;/h3-4,14H,1-2,13H2;1H. The molecular formula is C6H10ClF6NO. The maximum atomic E-state index is 11.9.